The Morgan fingerprint density at radius 1 is 1.18 bits per heavy atom. The van der Waals surface area contributed by atoms with Gasteiger partial charge in [0.25, 0.3) is 0 Å². The number of hydrogen-bond acceptors (Lipinski definition) is 1. The van der Waals surface area contributed by atoms with Crippen molar-refractivity contribution in [2.75, 3.05) is 0 Å². The zero-order valence-corrected chi connectivity index (χ0v) is 10.3. The molecular weight excluding hydrogens is 208 g/mol. The molecule has 0 saturated heterocycles. The lowest BCUT2D eigenvalue weighted by Gasteiger charge is -2.28. The third-order valence-corrected chi connectivity index (χ3v) is 3.91. The average molecular weight is 228 g/mol. The van der Waals surface area contributed by atoms with Crippen LogP contribution in [-0.2, 0) is 0 Å². The van der Waals surface area contributed by atoms with Crippen LogP contribution in [0.5, 0.6) is 0 Å². The van der Waals surface area contributed by atoms with Crippen LogP contribution in [0.4, 0.5) is 0 Å². The maximum atomic E-state index is 11.0. The summed E-state index contributed by atoms with van der Waals surface area (Å²) in [6.45, 7) is 3.81. The van der Waals surface area contributed by atoms with Crippen LogP contribution < -0.4 is 0 Å². The quantitative estimate of drug-likeness (QED) is 0.553. The van der Waals surface area contributed by atoms with Gasteiger partial charge in [-0.15, -0.1) is 6.58 Å². The van der Waals surface area contributed by atoms with Gasteiger partial charge in [0.15, 0.2) is 0 Å². The monoisotopic (exact) mass is 228 g/mol. The second kappa shape index (κ2) is 5.81. The maximum Gasteiger partial charge on any atom is 0.150 e. The van der Waals surface area contributed by atoms with E-state index in [1.165, 1.54) is 31.2 Å². The molecule has 0 atom stereocenters. The zero-order valence-electron chi connectivity index (χ0n) is 10.3. The third kappa shape index (κ3) is 2.85. The molecule has 0 aromatic heterocycles. The van der Waals surface area contributed by atoms with E-state index in [1.807, 2.05) is 24.3 Å². The molecule has 1 aliphatic carbocycles. The summed E-state index contributed by atoms with van der Waals surface area (Å²) in [5, 5.41) is 0. The van der Waals surface area contributed by atoms with Crippen molar-refractivity contribution in [1.29, 1.82) is 0 Å². The molecular formula is C16H20O. The van der Waals surface area contributed by atoms with Gasteiger partial charge < -0.3 is 0 Å². The molecule has 0 heterocycles. The number of aldehydes is 1. The van der Waals surface area contributed by atoms with Crippen LogP contribution >= 0.6 is 0 Å². The van der Waals surface area contributed by atoms with E-state index < -0.39 is 0 Å². The van der Waals surface area contributed by atoms with Gasteiger partial charge in [0.2, 0.25) is 0 Å². The molecule has 1 saturated carbocycles. The highest BCUT2D eigenvalue weighted by Crippen LogP contribution is 2.37. The Morgan fingerprint density at radius 3 is 2.53 bits per heavy atom. The Bertz CT molecular complexity index is 386. The largest absolute Gasteiger partial charge is 0.298 e. The smallest absolute Gasteiger partial charge is 0.150 e. The van der Waals surface area contributed by atoms with Crippen molar-refractivity contribution in [3.05, 3.63) is 48.0 Å². The molecule has 0 aliphatic heterocycles. The van der Waals surface area contributed by atoms with Crippen LogP contribution in [0, 0.1) is 5.92 Å². The molecule has 1 fully saturated rings. The summed E-state index contributed by atoms with van der Waals surface area (Å²) in [4.78, 5) is 11.0. The fraction of sp³-hybridized carbons (Fsp3) is 0.438. The number of carbonyl (C=O) groups is 1. The first-order valence-electron chi connectivity index (χ1n) is 6.50. The molecule has 1 aliphatic rings. The molecule has 1 nitrogen and oxygen atoms in total. The highest BCUT2D eigenvalue weighted by Gasteiger charge is 2.22. The van der Waals surface area contributed by atoms with Gasteiger partial charge in [-0.25, -0.2) is 0 Å². The summed E-state index contributed by atoms with van der Waals surface area (Å²) in [6, 6.07) is 8.02. The summed E-state index contributed by atoms with van der Waals surface area (Å²) in [5.41, 5.74) is 2.12. The predicted molar refractivity (Wildman–Crippen MR) is 71.3 cm³/mol. The van der Waals surface area contributed by atoms with Crippen LogP contribution in [0.25, 0.3) is 0 Å². The Balaban J connectivity index is 2.05. The van der Waals surface area contributed by atoms with Gasteiger partial charge in [-0.1, -0.05) is 30.3 Å². The van der Waals surface area contributed by atoms with E-state index in [0.29, 0.717) is 5.92 Å². The molecule has 0 amide bonds. The SMILES string of the molecule is C=CCC1CCC(c2ccccc2C=O)CC1. The summed E-state index contributed by atoms with van der Waals surface area (Å²) in [5.74, 6) is 1.39. The van der Waals surface area contributed by atoms with E-state index in [1.54, 1.807) is 0 Å². The van der Waals surface area contributed by atoms with Gasteiger partial charge in [0, 0.05) is 5.56 Å². The second-order valence-corrected chi connectivity index (χ2v) is 4.99. The van der Waals surface area contributed by atoms with Crippen LogP contribution in [0.2, 0.25) is 0 Å². The number of carbonyl (C=O) groups excluding carboxylic acids is 1. The van der Waals surface area contributed by atoms with E-state index in [4.69, 9.17) is 0 Å². The molecule has 1 heteroatoms. The molecule has 17 heavy (non-hydrogen) atoms. The molecule has 90 valence electrons. The van der Waals surface area contributed by atoms with E-state index in [-0.39, 0.29) is 0 Å². The summed E-state index contributed by atoms with van der Waals surface area (Å²) in [6.07, 6.45) is 9.12. The molecule has 1 aromatic carbocycles. The van der Waals surface area contributed by atoms with Crippen molar-refractivity contribution in [3.63, 3.8) is 0 Å². The van der Waals surface area contributed by atoms with Crippen molar-refractivity contribution in [1.82, 2.24) is 0 Å². The van der Waals surface area contributed by atoms with Crippen LogP contribution in [0.15, 0.2) is 36.9 Å². The Morgan fingerprint density at radius 2 is 1.88 bits per heavy atom. The number of rotatable bonds is 4. The first-order valence-corrected chi connectivity index (χ1v) is 6.50. The molecule has 0 radical (unpaired) electrons. The average Bonchev–Trinajstić information content (AvgIpc) is 2.40. The van der Waals surface area contributed by atoms with Gasteiger partial charge in [-0.3, -0.25) is 4.79 Å². The van der Waals surface area contributed by atoms with E-state index in [2.05, 4.69) is 12.6 Å². The summed E-state index contributed by atoms with van der Waals surface area (Å²) < 4.78 is 0. The molecule has 0 bridgehead atoms. The Hall–Kier alpha value is -1.37. The van der Waals surface area contributed by atoms with Gasteiger partial charge in [-0.05, 0) is 49.5 Å². The standard InChI is InChI=1S/C16H20O/c1-2-5-13-8-10-14(11-9-13)16-7-4-3-6-15(16)12-17/h2-4,6-7,12-14H,1,5,8-11H2. The van der Waals surface area contributed by atoms with Crippen molar-refractivity contribution in [3.8, 4) is 0 Å². The van der Waals surface area contributed by atoms with Gasteiger partial charge in [0.1, 0.15) is 6.29 Å². The molecule has 1 aromatic rings. The van der Waals surface area contributed by atoms with E-state index in [0.717, 1.165) is 24.2 Å². The highest BCUT2D eigenvalue weighted by molar-refractivity contribution is 5.77. The molecule has 0 N–H and O–H groups in total. The second-order valence-electron chi connectivity index (χ2n) is 4.99. The van der Waals surface area contributed by atoms with E-state index in [9.17, 15) is 4.79 Å². The van der Waals surface area contributed by atoms with Gasteiger partial charge in [-0.2, -0.15) is 0 Å². The predicted octanol–water partition coefficient (Wildman–Crippen LogP) is 4.35. The first kappa shape index (κ1) is 12.1. The maximum absolute atomic E-state index is 11.0. The van der Waals surface area contributed by atoms with Gasteiger partial charge >= 0.3 is 0 Å². The lowest BCUT2D eigenvalue weighted by molar-refractivity contribution is 0.112. The van der Waals surface area contributed by atoms with Crippen molar-refractivity contribution in [2.45, 2.75) is 38.0 Å². The zero-order chi connectivity index (χ0) is 12.1. The van der Waals surface area contributed by atoms with Crippen molar-refractivity contribution in [2.24, 2.45) is 5.92 Å². The fourth-order valence-corrected chi connectivity index (χ4v) is 2.93. The van der Waals surface area contributed by atoms with Crippen molar-refractivity contribution >= 4 is 6.29 Å². The summed E-state index contributed by atoms with van der Waals surface area (Å²) >= 11 is 0. The fourth-order valence-electron chi connectivity index (χ4n) is 2.93. The molecule has 0 spiro atoms. The van der Waals surface area contributed by atoms with E-state index >= 15 is 0 Å². The molecule has 2 rings (SSSR count). The summed E-state index contributed by atoms with van der Waals surface area (Å²) in [7, 11) is 0. The minimum Gasteiger partial charge on any atom is -0.298 e. The first-order chi connectivity index (χ1) is 8.35. The minimum atomic E-state index is 0.581. The topological polar surface area (TPSA) is 17.1 Å². The van der Waals surface area contributed by atoms with Crippen LogP contribution in [0.3, 0.4) is 0 Å². The van der Waals surface area contributed by atoms with Crippen molar-refractivity contribution < 1.29 is 4.79 Å². The highest BCUT2D eigenvalue weighted by atomic mass is 16.1. The molecule has 0 unspecified atom stereocenters. The van der Waals surface area contributed by atoms with Crippen LogP contribution in [-0.4, -0.2) is 6.29 Å². The van der Waals surface area contributed by atoms with Gasteiger partial charge in [0.05, 0.1) is 0 Å². The Labute approximate surface area is 104 Å². The Kier molecular flexibility index (Phi) is 4.13. The normalized spacial score (nSPS) is 24.2. The minimum absolute atomic E-state index is 0.581. The number of allylic oxidation sites excluding steroid dienone is 1. The van der Waals surface area contributed by atoms with Crippen LogP contribution in [0.1, 0.15) is 53.9 Å². The lowest BCUT2D eigenvalue weighted by Crippen LogP contribution is -2.14. The number of benzene rings is 1. The lowest BCUT2D eigenvalue weighted by atomic mass is 9.76. The third-order valence-electron chi connectivity index (χ3n) is 3.91. The number of hydrogen-bond donors (Lipinski definition) is 0.